The number of aryl methyl sites for hydroxylation is 1. The van der Waals surface area contributed by atoms with E-state index in [4.69, 9.17) is 12.2 Å². The summed E-state index contributed by atoms with van der Waals surface area (Å²) >= 11 is 5.73. The van der Waals surface area contributed by atoms with Crippen molar-refractivity contribution in [2.75, 3.05) is 0 Å². The maximum atomic E-state index is 13.6. The minimum atomic E-state index is -3.65. The number of sulfone groups is 1. The lowest BCUT2D eigenvalue weighted by Crippen LogP contribution is -2.42. The van der Waals surface area contributed by atoms with Crippen LogP contribution in [0.3, 0.4) is 0 Å². The van der Waals surface area contributed by atoms with Crippen molar-refractivity contribution >= 4 is 27.2 Å². The SMILES string of the molecule is Cc1ccccc1CS(=O)(=O)c1ncc(CN(C(=S)NC2CC2)C2CC2)n1Cc1ccccc1. The summed E-state index contributed by atoms with van der Waals surface area (Å²) in [5, 5.41) is 4.33. The standard InChI is InChI=1S/C26H30N4O2S2/c1-19-7-5-6-10-21(19)18-34(31,32)26-27-15-24(30(26)16-20-8-3-2-4-9-20)17-29(23-13-14-23)25(33)28-22-11-12-22/h2-10,15,22-23H,11-14,16-18H2,1H3,(H,28,33). The maximum Gasteiger partial charge on any atom is 0.228 e. The highest BCUT2D eigenvalue weighted by Gasteiger charge is 2.34. The molecule has 2 aliphatic rings. The van der Waals surface area contributed by atoms with Gasteiger partial charge >= 0.3 is 0 Å². The van der Waals surface area contributed by atoms with Crippen LogP contribution in [0.4, 0.5) is 0 Å². The summed E-state index contributed by atoms with van der Waals surface area (Å²) in [6, 6.07) is 18.4. The van der Waals surface area contributed by atoms with Crippen LogP contribution in [0.2, 0.25) is 0 Å². The highest BCUT2D eigenvalue weighted by molar-refractivity contribution is 7.90. The Morgan fingerprint density at radius 3 is 2.47 bits per heavy atom. The number of hydrogen-bond acceptors (Lipinski definition) is 4. The highest BCUT2D eigenvalue weighted by atomic mass is 32.2. The van der Waals surface area contributed by atoms with Crippen LogP contribution in [-0.4, -0.2) is 40.1 Å². The van der Waals surface area contributed by atoms with Crippen LogP contribution in [-0.2, 0) is 28.7 Å². The number of imidazole rings is 1. The Hall–Kier alpha value is -2.71. The first-order valence-electron chi connectivity index (χ1n) is 11.8. The van der Waals surface area contributed by atoms with E-state index in [0.29, 0.717) is 25.2 Å². The fourth-order valence-corrected chi connectivity index (χ4v) is 6.13. The minimum absolute atomic E-state index is 0.0705. The van der Waals surface area contributed by atoms with Gasteiger partial charge in [0.2, 0.25) is 15.0 Å². The third-order valence-electron chi connectivity index (χ3n) is 6.46. The van der Waals surface area contributed by atoms with Crippen molar-refractivity contribution in [3.63, 3.8) is 0 Å². The van der Waals surface area contributed by atoms with Crippen LogP contribution in [0.25, 0.3) is 0 Å². The quantitative estimate of drug-likeness (QED) is 0.450. The van der Waals surface area contributed by atoms with Gasteiger partial charge in [-0.05, 0) is 61.5 Å². The molecule has 0 saturated heterocycles. The molecule has 0 aliphatic heterocycles. The van der Waals surface area contributed by atoms with Crippen LogP contribution in [0.5, 0.6) is 0 Å². The predicted octanol–water partition coefficient (Wildman–Crippen LogP) is 4.22. The summed E-state index contributed by atoms with van der Waals surface area (Å²) in [5.74, 6) is -0.0705. The van der Waals surface area contributed by atoms with Gasteiger partial charge in [-0.15, -0.1) is 0 Å². The fourth-order valence-electron chi connectivity index (χ4n) is 4.16. The number of rotatable bonds is 9. The number of aromatic nitrogens is 2. The number of nitrogens with one attached hydrogen (secondary N) is 1. The molecule has 2 aliphatic carbocycles. The summed E-state index contributed by atoms with van der Waals surface area (Å²) in [6.07, 6.45) is 6.25. The second-order valence-electron chi connectivity index (χ2n) is 9.37. The van der Waals surface area contributed by atoms with Gasteiger partial charge in [0.15, 0.2) is 5.11 Å². The van der Waals surface area contributed by atoms with Crippen LogP contribution >= 0.6 is 12.2 Å². The summed E-state index contributed by atoms with van der Waals surface area (Å²) in [6.45, 7) is 2.93. The first-order chi connectivity index (χ1) is 16.4. The predicted molar refractivity (Wildman–Crippen MR) is 137 cm³/mol. The monoisotopic (exact) mass is 494 g/mol. The molecule has 3 aromatic rings. The van der Waals surface area contributed by atoms with E-state index in [0.717, 1.165) is 53.2 Å². The van der Waals surface area contributed by atoms with Gasteiger partial charge in [0.05, 0.1) is 30.7 Å². The van der Waals surface area contributed by atoms with E-state index < -0.39 is 9.84 Å². The zero-order valence-electron chi connectivity index (χ0n) is 19.4. The van der Waals surface area contributed by atoms with Crippen molar-refractivity contribution in [3.05, 3.63) is 83.2 Å². The molecular formula is C26H30N4O2S2. The molecule has 5 rings (SSSR count). The largest absolute Gasteiger partial charge is 0.360 e. The second kappa shape index (κ2) is 9.50. The minimum Gasteiger partial charge on any atom is -0.360 e. The van der Waals surface area contributed by atoms with Crippen LogP contribution in [0.15, 0.2) is 66.0 Å². The van der Waals surface area contributed by atoms with Gasteiger partial charge in [-0.2, -0.15) is 0 Å². The number of nitrogens with zero attached hydrogens (tertiary/aromatic N) is 3. The van der Waals surface area contributed by atoms with E-state index >= 15 is 0 Å². The van der Waals surface area contributed by atoms with Crippen LogP contribution < -0.4 is 5.32 Å². The van der Waals surface area contributed by atoms with Crippen molar-refractivity contribution in [2.24, 2.45) is 0 Å². The Morgan fingerprint density at radius 1 is 1.09 bits per heavy atom. The third kappa shape index (κ3) is 5.33. The molecule has 1 heterocycles. The average molecular weight is 495 g/mol. The van der Waals surface area contributed by atoms with Gasteiger partial charge in [0.25, 0.3) is 0 Å². The molecule has 34 heavy (non-hydrogen) atoms. The first-order valence-corrected chi connectivity index (χ1v) is 13.9. The average Bonchev–Trinajstić information content (AvgIpc) is 3.75. The number of thiocarbonyl (C=S) groups is 1. The van der Waals surface area contributed by atoms with Gasteiger partial charge in [-0.25, -0.2) is 13.4 Å². The van der Waals surface area contributed by atoms with Gasteiger partial charge in [-0.1, -0.05) is 54.6 Å². The molecule has 0 atom stereocenters. The number of hydrogen-bond donors (Lipinski definition) is 1. The Labute approximate surface area is 206 Å². The molecule has 1 N–H and O–H groups in total. The van der Waals surface area contributed by atoms with Crippen molar-refractivity contribution in [1.82, 2.24) is 19.8 Å². The lowest BCUT2D eigenvalue weighted by Gasteiger charge is -2.26. The van der Waals surface area contributed by atoms with Gasteiger partial charge in [-0.3, -0.25) is 0 Å². The molecule has 178 valence electrons. The van der Waals surface area contributed by atoms with Crippen LogP contribution in [0, 0.1) is 6.92 Å². The Bertz CT molecular complexity index is 1280. The zero-order valence-corrected chi connectivity index (χ0v) is 21.0. The van der Waals surface area contributed by atoms with E-state index in [1.807, 2.05) is 66.1 Å². The molecule has 0 unspecified atom stereocenters. The van der Waals surface area contributed by atoms with Gasteiger partial charge in [0, 0.05) is 12.1 Å². The van der Waals surface area contributed by atoms with Gasteiger partial charge in [0.1, 0.15) is 0 Å². The molecule has 0 spiro atoms. The fraction of sp³-hybridized carbons (Fsp3) is 0.385. The lowest BCUT2D eigenvalue weighted by molar-refractivity contribution is 0.381. The van der Waals surface area contributed by atoms with Crippen molar-refractivity contribution < 1.29 is 8.42 Å². The Kier molecular flexibility index (Phi) is 6.44. The number of benzene rings is 2. The van der Waals surface area contributed by atoms with Gasteiger partial charge < -0.3 is 14.8 Å². The Morgan fingerprint density at radius 2 is 1.79 bits per heavy atom. The van der Waals surface area contributed by atoms with Crippen LogP contribution in [0.1, 0.15) is 48.1 Å². The van der Waals surface area contributed by atoms with E-state index in [-0.39, 0.29) is 10.9 Å². The van der Waals surface area contributed by atoms with Crippen molar-refractivity contribution in [1.29, 1.82) is 0 Å². The molecule has 8 heteroatoms. The van der Waals surface area contributed by atoms with Crippen molar-refractivity contribution in [3.8, 4) is 0 Å². The lowest BCUT2D eigenvalue weighted by atomic mass is 10.1. The molecule has 0 bridgehead atoms. The Balaban J connectivity index is 1.48. The summed E-state index contributed by atoms with van der Waals surface area (Å²) < 4.78 is 29.0. The summed E-state index contributed by atoms with van der Waals surface area (Å²) in [7, 11) is -3.65. The van der Waals surface area contributed by atoms with E-state index in [9.17, 15) is 8.42 Å². The topological polar surface area (TPSA) is 67.2 Å². The third-order valence-corrected chi connectivity index (χ3v) is 8.38. The van der Waals surface area contributed by atoms with E-state index in [1.165, 1.54) is 0 Å². The molecule has 0 radical (unpaired) electrons. The molecule has 0 amide bonds. The molecule has 2 saturated carbocycles. The van der Waals surface area contributed by atoms with Crippen molar-refractivity contribution in [2.45, 2.75) is 68.7 Å². The smallest absolute Gasteiger partial charge is 0.228 e. The second-order valence-corrected chi connectivity index (χ2v) is 11.6. The normalized spacial score (nSPS) is 15.8. The highest BCUT2D eigenvalue weighted by Crippen LogP contribution is 2.30. The molecule has 6 nitrogen and oxygen atoms in total. The zero-order chi connectivity index (χ0) is 23.7. The molecular weight excluding hydrogens is 464 g/mol. The molecule has 2 aromatic carbocycles. The van der Waals surface area contributed by atoms with E-state index in [2.05, 4.69) is 15.2 Å². The molecule has 2 fully saturated rings. The summed E-state index contributed by atoms with van der Waals surface area (Å²) in [4.78, 5) is 6.67. The first kappa shape index (κ1) is 23.1. The summed E-state index contributed by atoms with van der Waals surface area (Å²) in [5.41, 5.74) is 3.65. The maximum absolute atomic E-state index is 13.6. The van der Waals surface area contributed by atoms with E-state index in [1.54, 1.807) is 6.20 Å². The molecule has 1 aromatic heterocycles.